The van der Waals surface area contributed by atoms with E-state index in [-0.39, 0.29) is 24.8 Å². The number of nitrogens with zero attached hydrogens (tertiary/aromatic N) is 1. The fourth-order valence-electron chi connectivity index (χ4n) is 4.09. The maximum atomic E-state index is 6.04. The van der Waals surface area contributed by atoms with Crippen LogP contribution >= 0.6 is 24.8 Å². The smallest absolute Gasteiger partial charge is 0.0512 e. The van der Waals surface area contributed by atoms with E-state index in [1.807, 2.05) is 0 Å². The maximum absolute atomic E-state index is 6.04. The molecule has 2 saturated heterocycles. The topological polar surface area (TPSA) is 24.5 Å². The number of nitrogens with one attached hydrogen (secondary N) is 1. The van der Waals surface area contributed by atoms with Crippen LogP contribution < -0.4 is 5.32 Å². The van der Waals surface area contributed by atoms with Crippen LogP contribution in [0, 0.1) is 23.2 Å². The van der Waals surface area contributed by atoms with E-state index < -0.39 is 0 Å². The molecule has 4 fully saturated rings. The fraction of sp³-hybridized carbons (Fsp3) is 1.00. The summed E-state index contributed by atoms with van der Waals surface area (Å²) in [5.41, 5.74) is 0.540. The van der Waals surface area contributed by atoms with Crippen LogP contribution in [-0.4, -0.2) is 50.8 Å². The van der Waals surface area contributed by atoms with Gasteiger partial charge in [0.25, 0.3) is 0 Å². The number of ether oxygens (including phenoxy) is 1. The molecule has 5 heteroatoms. The minimum absolute atomic E-state index is 0. The number of likely N-dealkylation sites (tertiary alicyclic amines) is 1. The standard InChI is InChI=1S/C16H28N2O.2ClH/c1-2-13(1)7-18-8-15(10-19-9-14-3-4-14)16(12-18)5-6-17-11-16;;/h13-15,17H,1-12H2;2*1H/t15-,16-;;/m0../s1. The van der Waals surface area contributed by atoms with Crippen LogP contribution in [0.3, 0.4) is 0 Å². The monoisotopic (exact) mass is 336 g/mol. The highest BCUT2D eigenvalue weighted by Crippen LogP contribution is 2.43. The number of halogens is 2. The predicted octanol–water partition coefficient (Wildman–Crippen LogP) is 2.58. The average molecular weight is 337 g/mol. The van der Waals surface area contributed by atoms with Crippen molar-refractivity contribution in [2.24, 2.45) is 23.2 Å². The zero-order valence-electron chi connectivity index (χ0n) is 12.9. The first-order chi connectivity index (χ1) is 9.34. The highest BCUT2D eigenvalue weighted by molar-refractivity contribution is 5.85. The van der Waals surface area contributed by atoms with Gasteiger partial charge in [-0.15, -0.1) is 24.8 Å². The van der Waals surface area contributed by atoms with Crippen LogP contribution in [-0.2, 0) is 4.74 Å². The Morgan fingerprint density at radius 1 is 1.05 bits per heavy atom. The molecule has 2 heterocycles. The van der Waals surface area contributed by atoms with Gasteiger partial charge in [-0.05, 0) is 50.5 Å². The second-order valence-electron chi connectivity index (χ2n) is 7.60. The highest BCUT2D eigenvalue weighted by atomic mass is 35.5. The lowest BCUT2D eigenvalue weighted by Crippen LogP contribution is -2.35. The van der Waals surface area contributed by atoms with Gasteiger partial charge in [-0.2, -0.15) is 0 Å². The summed E-state index contributed by atoms with van der Waals surface area (Å²) in [6.07, 6.45) is 7.14. The third kappa shape index (κ3) is 4.26. The van der Waals surface area contributed by atoms with Gasteiger partial charge in [0, 0.05) is 44.1 Å². The van der Waals surface area contributed by atoms with Crippen molar-refractivity contribution in [3.63, 3.8) is 0 Å². The van der Waals surface area contributed by atoms with Crippen molar-refractivity contribution in [3.8, 4) is 0 Å². The van der Waals surface area contributed by atoms with Gasteiger partial charge in [0.05, 0.1) is 6.61 Å². The molecule has 0 aromatic carbocycles. The van der Waals surface area contributed by atoms with Crippen molar-refractivity contribution in [1.29, 1.82) is 0 Å². The summed E-state index contributed by atoms with van der Waals surface area (Å²) in [5.74, 6) is 2.71. The largest absolute Gasteiger partial charge is 0.381 e. The van der Waals surface area contributed by atoms with E-state index >= 15 is 0 Å². The summed E-state index contributed by atoms with van der Waals surface area (Å²) < 4.78 is 6.04. The molecule has 0 amide bonds. The van der Waals surface area contributed by atoms with Crippen molar-refractivity contribution >= 4 is 24.8 Å². The van der Waals surface area contributed by atoms with Crippen molar-refractivity contribution in [2.45, 2.75) is 32.1 Å². The normalized spacial score (nSPS) is 35.7. The second-order valence-corrected chi connectivity index (χ2v) is 7.60. The van der Waals surface area contributed by atoms with Crippen LogP contribution in [0.25, 0.3) is 0 Å². The van der Waals surface area contributed by atoms with E-state index in [2.05, 4.69) is 10.2 Å². The molecule has 4 rings (SSSR count). The lowest BCUT2D eigenvalue weighted by molar-refractivity contribution is 0.0597. The highest BCUT2D eigenvalue weighted by Gasteiger charge is 2.48. The Hall–Kier alpha value is 0.460. The Balaban J connectivity index is 0.000000807. The first-order valence-electron chi connectivity index (χ1n) is 8.35. The van der Waals surface area contributed by atoms with E-state index in [4.69, 9.17) is 4.74 Å². The molecular formula is C16H30Cl2N2O. The molecule has 0 radical (unpaired) electrons. The van der Waals surface area contributed by atoms with E-state index in [0.29, 0.717) is 5.41 Å². The van der Waals surface area contributed by atoms with Crippen LogP contribution in [0.2, 0.25) is 0 Å². The summed E-state index contributed by atoms with van der Waals surface area (Å²) in [7, 11) is 0. The summed E-state index contributed by atoms with van der Waals surface area (Å²) in [4.78, 5) is 2.75. The van der Waals surface area contributed by atoms with Gasteiger partial charge in [-0.1, -0.05) is 0 Å². The fourth-order valence-corrected chi connectivity index (χ4v) is 4.09. The van der Waals surface area contributed by atoms with Crippen molar-refractivity contribution in [3.05, 3.63) is 0 Å². The van der Waals surface area contributed by atoms with Gasteiger partial charge >= 0.3 is 0 Å². The van der Waals surface area contributed by atoms with Crippen LogP contribution in [0.1, 0.15) is 32.1 Å². The minimum Gasteiger partial charge on any atom is -0.381 e. The van der Waals surface area contributed by atoms with Gasteiger partial charge in [-0.25, -0.2) is 0 Å². The quantitative estimate of drug-likeness (QED) is 0.806. The molecule has 21 heavy (non-hydrogen) atoms. The van der Waals surface area contributed by atoms with Crippen LogP contribution in [0.5, 0.6) is 0 Å². The molecule has 2 aliphatic carbocycles. The Bertz CT molecular complexity index is 328. The van der Waals surface area contributed by atoms with Gasteiger partial charge < -0.3 is 15.0 Å². The first-order valence-corrected chi connectivity index (χ1v) is 8.35. The molecule has 3 nitrogen and oxygen atoms in total. The lowest BCUT2D eigenvalue weighted by atomic mass is 9.78. The van der Waals surface area contributed by atoms with Gasteiger partial charge in [0.1, 0.15) is 0 Å². The molecule has 1 spiro atoms. The van der Waals surface area contributed by atoms with E-state index in [9.17, 15) is 0 Å². The molecule has 124 valence electrons. The Kier molecular flexibility index (Phi) is 6.24. The van der Waals surface area contributed by atoms with Crippen LogP contribution in [0.15, 0.2) is 0 Å². The third-order valence-corrected chi connectivity index (χ3v) is 5.74. The third-order valence-electron chi connectivity index (χ3n) is 5.74. The lowest BCUT2D eigenvalue weighted by Gasteiger charge is -2.29. The van der Waals surface area contributed by atoms with E-state index in [0.717, 1.165) is 31.0 Å². The predicted molar refractivity (Wildman–Crippen MR) is 90.6 cm³/mol. The average Bonchev–Trinajstić information content (AvgIpc) is 3.31. The molecule has 0 bridgehead atoms. The number of hydrogen-bond acceptors (Lipinski definition) is 3. The van der Waals surface area contributed by atoms with Gasteiger partial charge in [0.2, 0.25) is 0 Å². The van der Waals surface area contributed by atoms with Crippen molar-refractivity contribution in [2.75, 3.05) is 45.9 Å². The number of hydrogen-bond donors (Lipinski definition) is 1. The first kappa shape index (κ1) is 17.8. The number of rotatable bonds is 6. The van der Waals surface area contributed by atoms with E-state index in [1.54, 1.807) is 0 Å². The summed E-state index contributed by atoms with van der Waals surface area (Å²) in [6.45, 7) is 8.47. The molecule has 2 saturated carbocycles. The zero-order valence-corrected chi connectivity index (χ0v) is 14.5. The molecule has 0 unspecified atom stereocenters. The zero-order chi connectivity index (χ0) is 12.7. The van der Waals surface area contributed by atoms with E-state index in [1.165, 1.54) is 64.8 Å². The maximum Gasteiger partial charge on any atom is 0.0512 e. The Labute approximate surface area is 141 Å². The summed E-state index contributed by atoms with van der Waals surface area (Å²) in [6, 6.07) is 0. The molecule has 0 aromatic rings. The van der Waals surface area contributed by atoms with Crippen molar-refractivity contribution in [1.82, 2.24) is 10.2 Å². The molecule has 1 N–H and O–H groups in total. The molecule has 2 aliphatic heterocycles. The molecular weight excluding hydrogens is 307 g/mol. The second kappa shape index (κ2) is 7.35. The Morgan fingerprint density at radius 3 is 2.43 bits per heavy atom. The Morgan fingerprint density at radius 2 is 1.81 bits per heavy atom. The van der Waals surface area contributed by atoms with Crippen LogP contribution in [0.4, 0.5) is 0 Å². The SMILES string of the molecule is C1C[C@]2(CN1)CN(CC1CC1)C[C@H]2COCC1CC1.Cl.Cl. The van der Waals surface area contributed by atoms with Gasteiger partial charge in [-0.3, -0.25) is 0 Å². The summed E-state index contributed by atoms with van der Waals surface area (Å²) in [5, 5.41) is 3.60. The molecule has 2 atom stereocenters. The van der Waals surface area contributed by atoms with Gasteiger partial charge in [0.15, 0.2) is 0 Å². The molecule has 4 aliphatic rings. The molecule has 0 aromatic heterocycles. The van der Waals surface area contributed by atoms with Crippen molar-refractivity contribution < 1.29 is 4.74 Å². The summed E-state index contributed by atoms with van der Waals surface area (Å²) >= 11 is 0. The minimum atomic E-state index is 0.